The van der Waals surface area contributed by atoms with Crippen LogP contribution in [-0.4, -0.2) is 54.4 Å². The second-order valence-corrected chi connectivity index (χ2v) is 10.8. The van der Waals surface area contributed by atoms with Gasteiger partial charge in [-0.25, -0.2) is 14.4 Å². The molecule has 1 saturated carbocycles. The van der Waals surface area contributed by atoms with Gasteiger partial charge in [-0.2, -0.15) is 10.4 Å². The van der Waals surface area contributed by atoms with Crippen molar-refractivity contribution in [3.05, 3.63) is 81.5 Å². The lowest BCUT2D eigenvalue weighted by molar-refractivity contribution is 0.123. The van der Waals surface area contributed by atoms with Crippen molar-refractivity contribution >= 4 is 16.7 Å². The molecule has 4 heterocycles. The summed E-state index contributed by atoms with van der Waals surface area (Å²) < 4.78 is 17.3. The normalized spacial score (nSPS) is 20.8. The van der Waals surface area contributed by atoms with E-state index in [1.165, 1.54) is 12.1 Å². The Morgan fingerprint density at radius 2 is 1.77 bits per heavy atom. The van der Waals surface area contributed by atoms with Gasteiger partial charge in [0.1, 0.15) is 28.9 Å². The molecule has 2 fully saturated rings. The van der Waals surface area contributed by atoms with E-state index in [2.05, 4.69) is 34.7 Å². The summed E-state index contributed by atoms with van der Waals surface area (Å²) >= 11 is 0. The van der Waals surface area contributed by atoms with E-state index in [1.807, 2.05) is 23.9 Å². The van der Waals surface area contributed by atoms with Crippen LogP contribution in [0.15, 0.2) is 47.3 Å². The van der Waals surface area contributed by atoms with Crippen LogP contribution < -0.4 is 10.5 Å². The van der Waals surface area contributed by atoms with Crippen molar-refractivity contribution in [2.45, 2.75) is 50.7 Å². The van der Waals surface area contributed by atoms with Crippen LogP contribution in [0.25, 0.3) is 11.0 Å². The number of anilines is 1. The van der Waals surface area contributed by atoms with E-state index in [0.717, 1.165) is 35.7 Å². The number of piperazine rings is 1. The van der Waals surface area contributed by atoms with Gasteiger partial charge in [0.05, 0.1) is 17.2 Å². The lowest BCUT2D eigenvalue weighted by Gasteiger charge is -2.48. The topological polar surface area (TPSA) is 95.9 Å². The van der Waals surface area contributed by atoms with Crippen molar-refractivity contribution < 1.29 is 4.39 Å². The number of aryl methyl sites for hydroxylation is 2. The summed E-state index contributed by atoms with van der Waals surface area (Å²) in [5.41, 5.74) is 3.21. The Morgan fingerprint density at radius 1 is 1.03 bits per heavy atom. The Balaban J connectivity index is 1.40. The minimum Gasteiger partial charge on any atom is -0.364 e. The highest BCUT2D eigenvalue weighted by Gasteiger charge is 2.39. The minimum absolute atomic E-state index is 0.0168. The molecule has 10 heteroatoms. The largest absolute Gasteiger partial charge is 0.364 e. The van der Waals surface area contributed by atoms with Crippen LogP contribution in [0.5, 0.6) is 0 Å². The quantitative estimate of drug-likeness (QED) is 0.392. The van der Waals surface area contributed by atoms with E-state index >= 15 is 0 Å². The number of nitrogens with zero attached hydrogens (tertiary/aromatic N) is 8. The van der Waals surface area contributed by atoms with Gasteiger partial charge in [-0.1, -0.05) is 12.1 Å². The predicted molar refractivity (Wildman–Crippen MR) is 146 cm³/mol. The molecule has 1 saturated heterocycles. The number of aromatic nitrogens is 5. The maximum Gasteiger partial charge on any atom is 0.252 e. The molecule has 2 aliphatic rings. The van der Waals surface area contributed by atoms with E-state index in [1.54, 1.807) is 29.8 Å². The Bertz CT molecular complexity index is 1650. The van der Waals surface area contributed by atoms with Crippen LogP contribution in [0.4, 0.5) is 10.1 Å². The van der Waals surface area contributed by atoms with Crippen molar-refractivity contribution in [3.8, 4) is 6.07 Å². The molecule has 3 atom stereocenters. The lowest BCUT2D eigenvalue weighted by Crippen LogP contribution is -2.58. The van der Waals surface area contributed by atoms with Crippen molar-refractivity contribution in [3.63, 3.8) is 0 Å². The third-order valence-corrected chi connectivity index (χ3v) is 8.04. The SMILES string of the molecule is C[C@@H]1CN(c2cc(=O)n(C)c3ccc(C#N)nc23)[C@@H](C)CN1C(c1ccc(F)cc1)c1nc(C2CC2)nn1C. The Labute approximate surface area is 226 Å². The molecular formula is C29H31FN8O. The summed E-state index contributed by atoms with van der Waals surface area (Å²) in [6.45, 7) is 5.59. The number of nitriles is 1. The molecule has 39 heavy (non-hydrogen) atoms. The number of pyridine rings is 2. The molecule has 1 unspecified atom stereocenters. The van der Waals surface area contributed by atoms with E-state index in [4.69, 9.17) is 10.1 Å². The van der Waals surface area contributed by atoms with Gasteiger partial charge in [0.15, 0.2) is 5.82 Å². The molecule has 1 aliphatic carbocycles. The molecule has 0 N–H and O–H groups in total. The highest BCUT2D eigenvalue weighted by Crippen LogP contribution is 2.40. The van der Waals surface area contributed by atoms with Gasteiger partial charge in [-0.15, -0.1) is 0 Å². The number of hydrogen-bond donors (Lipinski definition) is 0. The highest BCUT2D eigenvalue weighted by molar-refractivity contribution is 5.89. The summed E-state index contributed by atoms with van der Waals surface area (Å²) in [5, 5.41) is 14.2. The zero-order valence-corrected chi connectivity index (χ0v) is 22.5. The maximum absolute atomic E-state index is 13.9. The van der Waals surface area contributed by atoms with Crippen molar-refractivity contribution in [2.24, 2.45) is 14.1 Å². The maximum atomic E-state index is 13.9. The van der Waals surface area contributed by atoms with Gasteiger partial charge >= 0.3 is 0 Å². The number of fused-ring (bicyclic) bond motifs is 1. The van der Waals surface area contributed by atoms with Gasteiger partial charge in [-0.3, -0.25) is 14.4 Å². The molecule has 200 valence electrons. The van der Waals surface area contributed by atoms with Crippen molar-refractivity contribution in [1.29, 1.82) is 5.26 Å². The fraction of sp³-hybridized carbons (Fsp3) is 0.414. The molecular weight excluding hydrogens is 495 g/mol. The van der Waals surface area contributed by atoms with Crippen LogP contribution in [-0.2, 0) is 14.1 Å². The van der Waals surface area contributed by atoms with Crippen molar-refractivity contribution in [1.82, 2.24) is 29.2 Å². The molecule has 0 radical (unpaired) electrons. The fourth-order valence-corrected chi connectivity index (χ4v) is 5.75. The Hall–Kier alpha value is -4.10. The summed E-state index contributed by atoms with van der Waals surface area (Å²) in [4.78, 5) is 27.1. The number of benzene rings is 1. The first-order valence-corrected chi connectivity index (χ1v) is 13.3. The first-order valence-electron chi connectivity index (χ1n) is 13.3. The Morgan fingerprint density at radius 3 is 2.46 bits per heavy atom. The summed E-state index contributed by atoms with van der Waals surface area (Å²) in [6.07, 6.45) is 2.23. The molecule has 0 amide bonds. The van der Waals surface area contributed by atoms with Gasteiger partial charge in [0, 0.05) is 51.3 Å². The van der Waals surface area contributed by atoms with Crippen LogP contribution in [0, 0.1) is 17.1 Å². The van der Waals surface area contributed by atoms with Gasteiger partial charge < -0.3 is 9.47 Å². The van der Waals surface area contributed by atoms with Crippen molar-refractivity contribution in [2.75, 3.05) is 18.0 Å². The molecule has 6 rings (SSSR count). The fourth-order valence-electron chi connectivity index (χ4n) is 5.75. The average Bonchev–Trinajstić information content (AvgIpc) is 3.71. The predicted octanol–water partition coefficient (Wildman–Crippen LogP) is 3.64. The molecule has 3 aromatic heterocycles. The Kier molecular flexibility index (Phi) is 6.19. The molecule has 0 spiro atoms. The van der Waals surface area contributed by atoms with Crippen LogP contribution in [0.1, 0.15) is 61.6 Å². The first kappa shape index (κ1) is 25.2. The number of hydrogen-bond acceptors (Lipinski definition) is 7. The number of rotatable bonds is 5. The molecule has 9 nitrogen and oxygen atoms in total. The molecule has 1 aromatic carbocycles. The monoisotopic (exact) mass is 526 g/mol. The van der Waals surface area contributed by atoms with Gasteiger partial charge in [-0.05, 0) is 56.5 Å². The third kappa shape index (κ3) is 4.46. The zero-order valence-electron chi connectivity index (χ0n) is 22.5. The first-order chi connectivity index (χ1) is 18.7. The van der Waals surface area contributed by atoms with E-state index in [0.29, 0.717) is 35.7 Å². The van der Waals surface area contributed by atoms with Gasteiger partial charge in [0.25, 0.3) is 5.56 Å². The second kappa shape index (κ2) is 9.58. The molecule has 0 bridgehead atoms. The zero-order chi connectivity index (χ0) is 27.4. The molecule has 1 aliphatic heterocycles. The number of halogens is 1. The summed E-state index contributed by atoms with van der Waals surface area (Å²) in [6, 6.07) is 13.7. The van der Waals surface area contributed by atoms with Crippen LogP contribution in [0.2, 0.25) is 0 Å². The highest BCUT2D eigenvalue weighted by atomic mass is 19.1. The van der Waals surface area contributed by atoms with E-state index in [9.17, 15) is 14.4 Å². The van der Waals surface area contributed by atoms with Gasteiger partial charge in [0.2, 0.25) is 0 Å². The summed E-state index contributed by atoms with van der Waals surface area (Å²) in [7, 11) is 3.65. The van der Waals surface area contributed by atoms with Crippen LogP contribution >= 0.6 is 0 Å². The third-order valence-electron chi connectivity index (χ3n) is 8.04. The van der Waals surface area contributed by atoms with E-state index < -0.39 is 0 Å². The standard InChI is InChI=1S/C29H31FN8O/c1-17-16-38(27(19-7-9-21(30)10-8-19)29-33-28(20-5-6-20)34-36(29)4)18(2)15-37(17)24-13-25(39)35(3)23-12-11-22(14-31)32-26(23)24/h7-13,17-18,20,27H,5-6,15-16H2,1-4H3/t17-,18+,27?/m0/s1. The van der Waals surface area contributed by atoms with Crippen LogP contribution in [0.3, 0.4) is 0 Å². The van der Waals surface area contributed by atoms with E-state index in [-0.39, 0.29) is 29.5 Å². The minimum atomic E-state index is -0.276. The summed E-state index contributed by atoms with van der Waals surface area (Å²) in [5.74, 6) is 1.87. The smallest absolute Gasteiger partial charge is 0.252 e. The lowest BCUT2D eigenvalue weighted by atomic mass is 9.98. The second-order valence-electron chi connectivity index (χ2n) is 10.8. The average molecular weight is 527 g/mol. The molecule has 4 aromatic rings.